The van der Waals surface area contributed by atoms with Crippen LogP contribution in [0, 0.1) is 17.7 Å². The van der Waals surface area contributed by atoms with Crippen LogP contribution < -0.4 is 4.72 Å². The van der Waals surface area contributed by atoms with Gasteiger partial charge in [-0.1, -0.05) is 36.1 Å². The molecule has 0 saturated carbocycles. The van der Waals surface area contributed by atoms with Crippen LogP contribution in [0.25, 0.3) is 0 Å². The third-order valence-electron chi connectivity index (χ3n) is 3.88. The first-order valence-corrected chi connectivity index (χ1v) is 9.95. The maximum atomic E-state index is 13.8. The molecule has 0 saturated heterocycles. The molecule has 0 aliphatic carbocycles. The molecule has 0 atom stereocenters. The summed E-state index contributed by atoms with van der Waals surface area (Å²) in [6.07, 6.45) is 0. The lowest BCUT2D eigenvalue weighted by atomic mass is 10.1. The van der Waals surface area contributed by atoms with Gasteiger partial charge in [0, 0.05) is 11.1 Å². The second-order valence-electron chi connectivity index (χ2n) is 5.94. The Morgan fingerprint density at radius 2 is 1.59 bits per heavy atom. The van der Waals surface area contributed by atoms with Crippen LogP contribution in [0.2, 0.25) is 0 Å². The monoisotopic (exact) mass is 409 g/mol. The number of carbonyl (C=O) groups is 1. The van der Waals surface area contributed by atoms with Crippen molar-refractivity contribution in [2.75, 3.05) is 11.8 Å². The molecule has 0 amide bonds. The van der Waals surface area contributed by atoms with Gasteiger partial charge in [0.25, 0.3) is 10.0 Å². The number of esters is 1. The minimum absolute atomic E-state index is 0.253. The average molecular weight is 409 g/mol. The van der Waals surface area contributed by atoms with E-state index in [1.165, 1.54) is 31.4 Å². The van der Waals surface area contributed by atoms with Crippen molar-refractivity contribution in [1.82, 2.24) is 0 Å². The summed E-state index contributed by atoms with van der Waals surface area (Å²) >= 11 is 0. The van der Waals surface area contributed by atoms with Crippen molar-refractivity contribution in [3.63, 3.8) is 0 Å². The molecule has 3 aromatic rings. The van der Waals surface area contributed by atoms with E-state index in [9.17, 15) is 17.6 Å². The van der Waals surface area contributed by atoms with Crippen LogP contribution in [0.15, 0.2) is 77.7 Å². The summed E-state index contributed by atoms with van der Waals surface area (Å²) in [6.45, 7) is 0. The molecule has 3 aromatic carbocycles. The zero-order chi connectivity index (χ0) is 20.9. The third kappa shape index (κ3) is 5.00. The second kappa shape index (κ2) is 8.59. The minimum Gasteiger partial charge on any atom is -0.465 e. The number of nitrogens with one attached hydrogen (secondary N) is 1. The number of halogens is 1. The van der Waals surface area contributed by atoms with Crippen LogP contribution >= 0.6 is 0 Å². The van der Waals surface area contributed by atoms with Crippen molar-refractivity contribution in [3.05, 3.63) is 95.3 Å². The smallest absolute Gasteiger partial charge is 0.337 e. The van der Waals surface area contributed by atoms with E-state index < -0.39 is 26.7 Å². The van der Waals surface area contributed by atoms with Gasteiger partial charge >= 0.3 is 5.97 Å². The Hall–Kier alpha value is -3.63. The SMILES string of the molecule is COC(=O)c1cccc(C#Cc2cccc(NS(=O)(=O)c3ccccc3F)c2)c1. The summed E-state index contributed by atoms with van der Waals surface area (Å²) in [7, 11) is -2.77. The normalized spacial score (nSPS) is 10.6. The second-order valence-corrected chi connectivity index (χ2v) is 7.59. The highest BCUT2D eigenvalue weighted by Gasteiger charge is 2.18. The van der Waals surface area contributed by atoms with Crippen molar-refractivity contribution in [3.8, 4) is 11.8 Å². The summed E-state index contributed by atoms with van der Waals surface area (Å²) in [6, 6.07) is 18.2. The van der Waals surface area contributed by atoms with Gasteiger partial charge in [0.15, 0.2) is 0 Å². The topological polar surface area (TPSA) is 72.5 Å². The number of sulfonamides is 1. The highest BCUT2D eigenvalue weighted by molar-refractivity contribution is 7.92. The number of rotatable bonds is 4. The van der Waals surface area contributed by atoms with Crippen molar-refractivity contribution in [1.29, 1.82) is 0 Å². The first-order valence-electron chi connectivity index (χ1n) is 8.47. The lowest BCUT2D eigenvalue weighted by Gasteiger charge is -2.09. The molecule has 3 rings (SSSR count). The highest BCUT2D eigenvalue weighted by Crippen LogP contribution is 2.19. The van der Waals surface area contributed by atoms with Gasteiger partial charge < -0.3 is 4.74 Å². The molecule has 1 N–H and O–H groups in total. The Morgan fingerprint density at radius 1 is 0.931 bits per heavy atom. The number of anilines is 1. The number of benzene rings is 3. The van der Waals surface area contributed by atoms with Crippen LogP contribution in [-0.2, 0) is 14.8 Å². The fraction of sp³-hybridized carbons (Fsp3) is 0.0455. The number of hydrogen-bond acceptors (Lipinski definition) is 4. The molecule has 0 spiro atoms. The minimum atomic E-state index is -4.07. The Bertz CT molecular complexity index is 1230. The predicted molar refractivity (Wildman–Crippen MR) is 107 cm³/mol. The summed E-state index contributed by atoms with van der Waals surface area (Å²) in [5.74, 6) is 4.54. The number of methoxy groups -OCH3 is 1. The van der Waals surface area contributed by atoms with Crippen molar-refractivity contribution in [2.45, 2.75) is 4.90 Å². The van der Waals surface area contributed by atoms with Crippen LogP contribution in [0.1, 0.15) is 21.5 Å². The molecule has 0 unspecified atom stereocenters. The molecular weight excluding hydrogens is 393 g/mol. The van der Waals surface area contributed by atoms with E-state index in [0.29, 0.717) is 16.7 Å². The van der Waals surface area contributed by atoms with Gasteiger partial charge in [0.1, 0.15) is 10.7 Å². The predicted octanol–water partition coefficient (Wildman–Crippen LogP) is 3.81. The molecule has 29 heavy (non-hydrogen) atoms. The summed E-state index contributed by atoms with van der Waals surface area (Å²) in [5.41, 5.74) is 1.78. The largest absolute Gasteiger partial charge is 0.465 e. The zero-order valence-electron chi connectivity index (χ0n) is 15.3. The molecule has 0 bridgehead atoms. The first-order chi connectivity index (χ1) is 13.9. The van der Waals surface area contributed by atoms with Gasteiger partial charge in [0.2, 0.25) is 0 Å². The van der Waals surface area contributed by atoms with Gasteiger partial charge in [-0.25, -0.2) is 17.6 Å². The molecule has 0 aliphatic rings. The molecule has 0 aromatic heterocycles. The fourth-order valence-electron chi connectivity index (χ4n) is 2.52. The molecule has 0 radical (unpaired) electrons. The lowest BCUT2D eigenvalue weighted by Crippen LogP contribution is -2.14. The maximum Gasteiger partial charge on any atom is 0.337 e. The van der Waals surface area contributed by atoms with Crippen LogP contribution in [0.4, 0.5) is 10.1 Å². The zero-order valence-corrected chi connectivity index (χ0v) is 16.2. The molecule has 0 heterocycles. The van der Waals surface area contributed by atoms with E-state index in [0.717, 1.165) is 6.07 Å². The van der Waals surface area contributed by atoms with E-state index in [1.807, 2.05) is 0 Å². The Morgan fingerprint density at radius 3 is 2.28 bits per heavy atom. The maximum absolute atomic E-state index is 13.8. The number of carbonyl (C=O) groups excluding carboxylic acids is 1. The Kier molecular flexibility index (Phi) is 5.96. The summed E-state index contributed by atoms with van der Waals surface area (Å²) < 4.78 is 45.7. The molecule has 0 fully saturated rings. The fourth-order valence-corrected chi connectivity index (χ4v) is 3.65. The van der Waals surface area contributed by atoms with Gasteiger partial charge in [-0.05, 0) is 48.5 Å². The van der Waals surface area contributed by atoms with Gasteiger partial charge in [-0.2, -0.15) is 0 Å². The standard InChI is InChI=1S/C22H16FNO4S/c1-28-22(25)18-8-4-6-16(14-18)12-13-17-7-5-9-19(15-17)24-29(26,27)21-11-3-2-10-20(21)23/h2-11,14-15,24H,1H3. The number of hydrogen-bond donors (Lipinski definition) is 1. The average Bonchev–Trinajstić information content (AvgIpc) is 2.72. The Labute approximate surface area is 168 Å². The van der Waals surface area contributed by atoms with Gasteiger partial charge in [-0.3, -0.25) is 4.72 Å². The Balaban J connectivity index is 1.84. The molecule has 5 nitrogen and oxygen atoms in total. The summed E-state index contributed by atoms with van der Waals surface area (Å²) in [4.78, 5) is 11.2. The van der Waals surface area contributed by atoms with Gasteiger partial charge in [-0.15, -0.1) is 0 Å². The molecule has 0 aliphatic heterocycles. The van der Waals surface area contributed by atoms with Crippen LogP contribution in [0.3, 0.4) is 0 Å². The third-order valence-corrected chi connectivity index (χ3v) is 5.29. The van der Waals surface area contributed by atoms with Gasteiger partial charge in [0.05, 0.1) is 18.4 Å². The highest BCUT2D eigenvalue weighted by atomic mass is 32.2. The molecule has 146 valence electrons. The van der Waals surface area contributed by atoms with Crippen LogP contribution in [-0.4, -0.2) is 21.5 Å². The van der Waals surface area contributed by atoms with E-state index in [4.69, 9.17) is 0 Å². The van der Waals surface area contributed by atoms with Crippen molar-refractivity contribution in [2.24, 2.45) is 0 Å². The van der Waals surface area contributed by atoms with E-state index >= 15 is 0 Å². The number of ether oxygens (including phenoxy) is 1. The van der Waals surface area contributed by atoms with E-state index in [2.05, 4.69) is 21.3 Å². The lowest BCUT2D eigenvalue weighted by molar-refractivity contribution is 0.0600. The quantitative estimate of drug-likeness (QED) is 0.525. The van der Waals surface area contributed by atoms with Crippen LogP contribution in [0.5, 0.6) is 0 Å². The van der Waals surface area contributed by atoms with Crippen molar-refractivity contribution >= 4 is 21.7 Å². The van der Waals surface area contributed by atoms with E-state index in [1.54, 1.807) is 42.5 Å². The van der Waals surface area contributed by atoms with Crippen molar-refractivity contribution < 1.29 is 22.3 Å². The van der Waals surface area contributed by atoms with E-state index in [-0.39, 0.29) is 5.69 Å². The summed E-state index contributed by atoms with van der Waals surface area (Å²) in [5, 5.41) is 0. The molecule has 7 heteroatoms. The first kappa shape index (κ1) is 20.1. The molecular formula is C22H16FNO4S.